The van der Waals surface area contributed by atoms with Crippen LogP contribution in [0.3, 0.4) is 0 Å². The summed E-state index contributed by atoms with van der Waals surface area (Å²) in [6.45, 7) is 1.85. The van der Waals surface area contributed by atoms with E-state index in [0.29, 0.717) is 11.3 Å². The number of carbonyl (C=O) groups excluding carboxylic acids is 2. The number of rotatable bonds is 3. The van der Waals surface area contributed by atoms with Crippen molar-refractivity contribution in [2.24, 2.45) is 5.73 Å². The molecule has 2 aromatic carbocycles. The van der Waals surface area contributed by atoms with E-state index in [2.05, 4.69) is 21.2 Å². The fourth-order valence-electron chi connectivity index (χ4n) is 1.85. The van der Waals surface area contributed by atoms with Crippen molar-refractivity contribution in [3.63, 3.8) is 0 Å². The van der Waals surface area contributed by atoms with Gasteiger partial charge in [0.15, 0.2) is 0 Å². The van der Waals surface area contributed by atoms with Gasteiger partial charge in [-0.2, -0.15) is 0 Å². The molecule has 0 aliphatic heterocycles. The molecule has 0 atom stereocenters. The number of halogens is 1. The van der Waals surface area contributed by atoms with Crippen molar-refractivity contribution in [2.75, 3.05) is 5.32 Å². The molecule has 2 rings (SSSR count). The fraction of sp³-hybridized carbons (Fsp3) is 0.0667. The predicted molar refractivity (Wildman–Crippen MR) is 81.8 cm³/mol. The third kappa shape index (κ3) is 2.88. The number of primary amides is 1. The predicted octanol–water partition coefficient (Wildman–Crippen LogP) is 3.11. The zero-order valence-corrected chi connectivity index (χ0v) is 12.4. The molecule has 20 heavy (non-hydrogen) atoms. The first-order valence-corrected chi connectivity index (χ1v) is 6.75. The Kier molecular flexibility index (Phi) is 4.20. The highest BCUT2D eigenvalue weighted by Crippen LogP contribution is 2.21. The van der Waals surface area contributed by atoms with E-state index in [9.17, 15) is 9.59 Å². The number of benzene rings is 2. The summed E-state index contributed by atoms with van der Waals surface area (Å²) in [7, 11) is 0. The van der Waals surface area contributed by atoms with E-state index >= 15 is 0 Å². The van der Waals surface area contributed by atoms with Crippen molar-refractivity contribution in [2.45, 2.75) is 6.92 Å². The minimum Gasteiger partial charge on any atom is -0.366 e. The van der Waals surface area contributed by atoms with Gasteiger partial charge in [0.25, 0.3) is 11.8 Å². The summed E-state index contributed by atoms with van der Waals surface area (Å²) in [5.74, 6) is -0.857. The van der Waals surface area contributed by atoms with Crippen LogP contribution < -0.4 is 11.1 Å². The first kappa shape index (κ1) is 14.3. The molecule has 0 aliphatic carbocycles. The van der Waals surface area contributed by atoms with Crippen LogP contribution in [0.1, 0.15) is 26.3 Å². The lowest BCUT2D eigenvalue weighted by molar-refractivity contribution is 0.100. The van der Waals surface area contributed by atoms with Gasteiger partial charge in [0, 0.05) is 10.0 Å². The van der Waals surface area contributed by atoms with Crippen LogP contribution in [0.15, 0.2) is 46.9 Å². The molecule has 3 N–H and O–H groups in total. The molecule has 0 aromatic heterocycles. The van der Waals surface area contributed by atoms with Gasteiger partial charge in [-0.05, 0) is 36.8 Å². The van der Waals surface area contributed by atoms with Crippen LogP contribution in [0.2, 0.25) is 0 Å². The van der Waals surface area contributed by atoms with Crippen LogP contribution >= 0.6 is 15.9 Å². The number of nitrogens with one attached hydrogen (secondary N) is 1. The standard InChI is InChI=1S/C15H13BrN2O2/c1-9-10(6-4-7-12(9)16)15(20)18-13-8-3-2-5-11(13)14(17)19/h2-8H,1H3,(H2,17,19)(H,18,20). The highest BCUT2D eigenvalue weighted by Gasteiger charge is 2.14. The van der Waals surface area contributed by atoms with Crippen LogP contribution in [0.5, 0.6) is 0 Å². The van der Waals surface area contributed by atoms with Gasteiger partial charge in [-0.3, -0.25) is 9.59 Å². The van der Waals surface area contributed by atoms with Crippen LogP contribution in [0.4, 0.5) is 5.69 Å². The van der Waals surface area contributed by atoms with Gasteiger partial charge >= 0.3 is 0 Å². The van der Waals surface area contributed by atoms with Gasteiger partial charge in [0.1, 0.15) is 0 Å². The SMILES string of the molecule is Cc1c(Br)cccc1C(=O)Nc1ccccc1C(N)=O. The number of hydrogen-bond donors (Lipinski definition) is 2. The molecule has 5 heteroatoms. The van der Waals surface area contributed by atoms with Crippen LogP contribution in [-0.2, 0) is 0 Å². The topological polar surface area (TPSA) is 72.2 Å². The molecule has 0 unspecified atom stereocenters. The summed E-state index contributed by atoms with van der Waals surface area (Å²) in [5, 5.41) is 2.72. The first-order valence-electron chi connectivity index (χ1n) is 5.96. The van der Waals surface area contributed by atoms with E-state index in [-0.39, 0.29) is 11.5 Å². The zero-order valence-electron chi connectivity index (χ0n) is 10.8. The Labute approximate surface area is 125 Å². The minimum absolute atomic E-state index is 0.280. The Morgan fingerprint density at radius 3 is 2.40 bits per heavy atom. The van der Waals surface area contributed by atoms with Gasteiger partial charge < -0.3 is 11.1 Å². The van der Waals surface area contributed by atoms with Crippen molar-refractivity contribution < 1.29 is 9.59 Å². The lowest BCUT2D eigenvalue weighted by Crippen LogP contribution is -2.18. The lowest BCUT2D eigenvalue weighted by Gasteiger charge is -2.11. The van der Waals surface area contributed by atoms with Crippen molar-refractivity contribution in [1.29, 1.82) is 0 Å². The van der Waals surface area contributed by atoms with Crippen molar-refractivity contribution >= 4 is 33.4 Å². The Balaban J connectivity index is 2.33. The van der Waals surface area contributed by atoms with Gasteiger partial charge in [-0.25, -0.2) is 0 Å². The largest absolute Gasteiger partial charge is 0.366 e. The Morgan fingerprint density at radius 2 is 1.70 bits per heavy atom. The number of para-hydroxylation sites is 1. The molecule has 2 aromatic rings. The van der Waals surface area contributed by atoms with E-state index in [0.717, 1.165) is 10.0 Å². The van der Waals surface area contributed by atoms with E-state index in [1.54, 1.807) is 36.4 Å². The molecule has 0 spiro atoms. The van der Waals surface area contributed by atoms with Gasteiger partial charge in [-0.15, -0.1) is 0 Å². The summed E-state index contributed by atoms with van der Waals surface area (Å²) in [6, 6.07) is 12.0. The van der Waals surface area contributed by atoms with Crippen molar-refractivity contribution in [3.05, 3.63) is 63.6 Å². The molecular weight excluding hydrogens is 320 g/mol. The van der Waals surface area contributed by atoms with E-state index < -0.39 is 5.91 Å². The zero-order chi connectivity index (χ0) is 14.7. The molecule has 0 saturated carbocycles. The molecule has 0 bridgehead atoms. The summed E-state index contributed by atoms with van der Waals surface area (Å²) in [4.78, 5) is 23.6. The van der Waals surface area contributed by atoms with Gasteiger partial charge in [0.05, 0.1) is 11.3 Å². The van der Waals surface area contributed by atoms with E-state index in [4.69, 9.17) is 5.73 Å². The summed E-state index contributed by atoms with van der Waals surface area (Å²) in [6.07, 6.45) is 0. The maximum atomic E-state index is 12.3. The Morgan fingerprint density at radius 1 is 1.05 bits per heavy atom. The molecular formula is C15H13BrN2O2. The van der Waals surface area contributed by atoms with Crippen molar-refractivity contribution in [3.8, 4) is 0 Å². The van der Waals surface area contributed by atoms with Gasteiger partial charge in [-0.1, -0.05) is 34.1 Å². The van der Waals surface area contributed by atoms with E-state index in [1.807, 2.05) is 13.0 Å². The molecule has 4 nitrogen and oxygen atoms in total. The first-order chi connectivity index (χ1) is 9.50. The number of carbonyl (C=O) groups is 2. The third-order valence-electron chi connectivity index (χ3n) is 2.95. The lowest BCUT2D eigenvalue weighted by atomic mass is 10.1. The smallest absolute Gasteiger partial charge is 0.255 e. The summed E-state index contributed by atoms with van der Waals surface area (Å²) < 4.78 is 0.855. The maximum absolute atomic E-state index is 12.3. The minimum atomic E-state index is -0.577. The summed E-state index contributed by atoms with van der Waals surface area (Å²) in [5.41, 5.74) is 7.35. The molecule has 0 aliphatic rings. The maximum Gasteiger partial charge on any atom is 0.255 e. The average Bonchev–Trinajstić information content (AvgIpc) is 2.42. The third-order valence-corrected chi connectivity index (χ3v) is 3.81. The second-order valence-corrected chi connectivity index (χ2v) is 5.13. The average molecular weight is 333 g/mol. The monoisotopic (exact) mass is 332 g/mol. The number of hydrogen-bond acceptors (Lipinski definition) is 2. The molecule has 0 radical (unpaired) electrons. The summed E-state index contributed by atoms with van der Waals surface area (Å²) >= 11 is 3.38. The van der Waals surface area contributed by atoms with E-state index in [1.165, 1.54) is 0 Å². The number of amides is 2. The fourth-order valence-corrected chi connectivity index (χ4v) is 2.22. The van der Waals surface area contributed by atoms with Crippen LogP contribution in [0, 0.1) is 6.92 Å². The molecule has 0 saturated heterocycles. The molecule has 2 amide bonds. The highest BCUT2D eigenvalue weighted by molar-refractivity contribution is 9.10. The number of nitrogens with two attached hydrogens (primary N) is 1. The quantitative estimate of drug-likeness (QED) is 0.906. The molecule has 0 fully saturated rings. The van der Waals surface area contributed by atoms with Crippen LogP contribution in [-0.4, -0.2) is 11.8 Å². The Bertz CT molecular complexity index is 683. The molecule has 0 heterocycles. The second-order valence-electron chi connectivity index (χ2n) is 4.28. The normalized spacial score (nSPS) is 10.1. The number of anilines is 1. The second kappa shape index (κ2) is 5.88. The highest BCUT2D eigenvalue weighted by atomic mass is 79.9. The van der Waals surface area contributed by atoms with Gasteiger partial charge in [0.2, 0.25) is 0 Å². The van der Waals surface area contributed by atoms with Crippen LogP contribution in [0.25, 0.3) is 0 Å². The molecule has 102 valence electrons. The Hall–Kier alpha value is -2.14. The van der Waals surface area contributed by atoms with Crippen molar-refractivity contribution in [1.82, 2.24) is 0 Å².